The van der Waals surface area contributed by atoms with Crippen LogP contribution in [0.15, 0.2) is 18.2 Å². The van der Waals surface area contributed by atoms with Gasteiger partial charge in [0, 0.05) is 12.5 Å². The first-order chi connectivity index (χ1) is 9.81. The van der Waals surface area contributed by atoms with Crippen molar-refractivity contribution >= 4 is 11.8 Å². The average Bonchev–Trinajstić information content (AvgIpc) is 2.93. The monoisotopic (exact) mass is 291 g/mol. The first kappa shape index (κ1) is 14.3. The maximum atomic E-state index is 6.33. The summed E-state index contributed by atoms with van der Waals surface area (Å²) >= 11 is 2.09. The third kappa shape index (κ3) is 3.70. The van der Waals surface area contributed by atoms with Crippen molar-refractivity contribution in [3.05, 3.63) is 29.3 Å². The Morgan fingerprint density at radius 2 is 2.15 bits per heavy atom. The van der Waals surface area contributed by atoms with Gasteiger partial charge in [0.2, 0.25) is 0 Å². The van der Waals surface area contributed by atoms with Gasteiger partial charge in [-0.05, 0) is 66.7 Å². The summed E-state index contributed by atoms with van der Waals surface area (Å²) in [6, 6.07) is 7.01. The third-order valence-electron chi connectivity index (χ3n) is 4.53. The molecule has 2 aliphatic rings. The molecule has 1 atom stereocenters. The molecule has 2 nitrogen and oxygen atoms in total. The van der Waals surface area contributed by atoms with Crippen molar-refractivity contribution in [2.24, 2.45) is 11.7 Å². The number of benzene rings is 1. The molecule has 3 rings (SSSR count). The molecule has 1 aromatic carbocycles. The highest BCUT2D eigenvalue weighted by atomic mass is 32.2. The Bertz CT molecular complexity index is 443. The second kappa shape index (κ2) is 6.86. The average molecular weight is 291 g/mol. The lowest BCUT2D eigenvalue weighted by atomic mass is 9.91. The summed E-state index contributed by atoms with van der Waals surface area (Å²) in [7, 11) is 0. The number of thioether (sulfide) groups is 1. The van der Waals surface area contributed by atoms with Crippen molar-refractivity contribution < 1.29 is 4.74 Å². The van der Waals surface area contributed by atoms with Gasteiger partial charge in [-0.2, -0.15) is 11.8 Å². The van der Waals surface area contributed by atoms with Crippen LogP contribution in [0.3, 0.4) is 0 Å². The van der Waals surface area contributed by atoms with E-state index in [1.807, 2.05) is 0 Å². The first-order valence-electron chi connectivity index (χ1n) is 7.89. The van der Waals surface area contributed by atoms with Crippen molar-refractivity contribution in [2.45, 2.75) is 44.6 Å². The molecule has 20 heavy (non-hydrogen) atoms. The minimum atomic E-state index is 0.368. The van der Waals surface area contributed by atoms with Gasteiger partial charge >= 0.3 is 0 Å². The van der Waals surface area contributed by atoms with Crippen LogP contribution in [0.25, 0.3) is 0 Å². The van der Waals surface area contributed by atoms with E-state index >= 15 is 0 Å². The highest BCUT2D eigenvalue weighted by Gasteiger charge is 2.17. The molecule has 110 valence electrons. The molecule has 2 heterocycles. The summed E-state index contributed by atoms with van der Waals surface area (Å²) in [6.07, 6.45) is 7.24. The fourth-order valence-electron chi connectivity index (χ4n) is 3.28. The van der Waals surface area contributed by atoms with E-state index in [-0.39, 0.29) is 0 Å². The van der Waals surface area contributed by atoms with Crippen molar-refractivity contribution in [1.29, 1.82) is 0 Å². The second-order valence-corrected chi connectivity index (χ2v) is 7.36. The van der Waals surface area contributed by atoms with Crippen LogP contribution in [0.5, 0.6) is 5.75 Å². The molecule has 3 heteroatoms. The van der Waals surface area contributed by atoms with Gasteiger partial charge in [-0.15, -0.1) is 0 Å². The standard InChI is InChI=1S/C17H25NOS/c18-16(12-14-6-9-20-10-7-14)3-1-13-2-4-17-15(11-13)5-8-19-17/h2,4,11,14,16H,1,3,5-10,12,18H2. The zero-order valence-electron chi connectivity index (χ0n) is 12.1. The SMILES string of the molecule is NC(CCc1ccc2c(c1)CCO2)CC1CCSCC1. The molecule has 1 unspecified atom stereocenters. The van der Waals surface area contributed by atoms with Gasteiger partial charge in [-0.25, -0.2) is 0 Å². The minimum Gasteiger partial charge on any atom is -0.493 e. The van der Waals surface area contributed by atoms with Crippen molar-refractivity contribution in [1.82, 2.24) is 0 Å². The molecule has 0 saturated carbocycles. The largest absolute Gasteiger partial charge is 0.493 e. The highest BCUT2D eigenvalue weighted by Crippen LogP contribution is 2.28. The number of ether oxygens (including phenoxy) is 1. The third-order valence-corrected chi connectivity index (χ3v) is 5.58. The van der Waals surface area contributed by atoms with Crippen molar-refractivity contribution in [3.63, 3.8) is 0 Å². The summed E-state index contributed by atoms with van der Waals surface area (Å²) in [5.74, 6) is 4.63. The van der Waals surface area contributed by atoms with E-state index in [1.54, 1.807) is 0 Å². The number of aryl methyl sites for hydroxylation is 1. The Labute approximate surface area is 126 Å². The number of hydrogen-bond acceptors (Lipinski definition) is 3. The molecule has 1 saturated heterocycles. The normalized spacial score (nSPS) is 20.4. The van der Waals surface area contributed by atoms with Gasteiger partial charge in [-0.3, -0.25) is 0 Å². The number of hydrogen-bond donors (Lipinski definition) is 1. The predicted molar refractivity (Wildman–Crippen MR) is 86.6 cm³/mol. The van der Waals surface area contributed by atoms with Crippen LogP contribution in [0.1, 0.15) is 36.8 Å². The fraction of sp³-hybridized carbons (Fsp3) is 0.647. The molecule has 1 fully saturated rings. The Balaban J connectivity index is 1.46. The van der Waals surface area contributed by atoms with Crippen LogP contribution in [-0.2, 0) is 12.8 Å². The Morgan fingerprint density at radius 3 is 3.00 bits per heavy atom. The van der Waals surface area contributed by atoms with Crippen LogP contribution in [0.2, 0.25) is 0 Å². The Hall–Kier alpha value is -0.670. The first-order valence-corrected chi connectivity index (χ1v) is 9.04. The van der Waals surface area contributed by atoms with Crippen LogP contribution < -0.4 is 10.5 Å². The van der Waals surface area contributed by atoms with Crippen molar-refractivity contribution in [3.8, 4) is 5.75 Å². The Kier molecular flexibility index (Phi) is 4.90. The van der Waals surface area contributed by atoms with Crippen molar-refractivity contribution in [2.75, 3.05) is 18.1 Å². The van der Waals surface area contributed by atoms with E-state index in [0.29, 0.717) is 6.04 Å². The molecular weight excluding hydrogens is 266 g/mol. The molecule has 0 radical (unpaired) electrons. The smallest absolute Gasteiger partial charge is 0.122 e. The number of nitrogens with two attached hydrogens (primary N) is 1. The second-order valence-electron chi connectivity index (χ2n) is 6.13. The van der Waals surface area contributed by atoms with Gasteiger partial charge in [-0.1, -0.05) is 12.1 Å². The minimum absolute atomic E-state index is 0.368. The van der Waals surface area contributed by atoms with Gasteiger partial charge < -0.3 is 10.5 Å². The predicted octanol–water partition coefficient (Wildman–Crippen LogP) is 3.41. The van der Waals surface area contributed by atoms with Crippen LogP contribution >= 0.6 is 11.8 Å². The summed E-state index contributed by atoms with van der Waals surface area (Å²) in [5, 5.41) is 0. The highest BCUT2D eigenvalue weighted by molar-refractivity contribution is 7.99. The molecule has 0 spiro atoms. The summed E-state index contributed by atoms with van der Waals surface area (Å²) in [5.41, 5.74) is 9.13. The molecule has 0 aromatic heterocycles. The van der Waals surface area contributed by atoms with E-state index in [4.69, 9.17) is 10.5 Å². The van der Waals surface area contributed by atoms with E-state index in [2.05, 4.69) is 30.0 Å². The molecular formula is C17H25NOS. The lowest BCUT2D eigenvalue weighted by Crippen LogP contribution is -2.26. The quantitative estimate of drug-likeness (QED) is 0.903. The maximum Gasteiger partial charge on any atom is 0.122 e. The summed E-state index contributed by atoms with van der Waals surface area (Å²) in [6.45, 7) is 0.845. The maximum absolute atomic E-state index is 6.33. The Morgan fingerprint density at radius 1 is 1.30 bits per heavy atom. The van der Waals surface area contributed by atoms with Crippen LogP contribution in [0.4, 0.5) is 0 Å². The molecule has 0 amide bonds. The van der Waals surface area contributed by atoms with Gasteiger partial charge in [0.15, 0.2) is 0 Å². The number of rotatable bonds is 5. The molecule has 2 aliphatic heterocycles. The topological polar surface area (TPSA) is 35.2 Å². The van der Waals surface area contributed by atoms with E-state index < -0.39 is 0 Å². The lowest BCUT2D eigenvalue weighted by Gasteiger charge is -2.24. The summed E-state index contributed by atoms with van der Waals surface area (Å²) in [4.78, 5) is 0. The zero-order valence-corrected chi connectivity index (χ0v) is 13.0. The van der Waals surface area contributed by atoms with E-state index in [1.165, 1.54) is 41.9 Å². The van der Waals surface area contributed by atoms with Crippen LogP contribution in [0, 0.1) is 5.92 Å². The van der Waals surface area contributed by atoms with E-state index in [9.17, 15) is 0 Å². The lowest BCUT2D eigenvalue weighted by molar-refractivity contribution is 0.357. The van der Waals surface area contributed by atoms with Gasteiger partial charge in [0.05, 0.1) is 6.61 Å². The summed E-state index contributed by atoms with van der Waals surface area (Å²) < 4.78 is 5.55. The number of fused-ring (bicyclic) bond motifs is 1. The molecule has 0 aliphatic carbocycles. The van der Waals surface area contributed by atoms with Crippen LogP contribution in [-0.4, -0.2) is 24.2 Å². The fourth-order valence-corrected chi connectivity index (χ4v) is 4.48. The van der Waals surface area contributed by atoms with E-state index in [0.717, 1.165) is 37.5 Å². The molecule has 2 N–H and O–H groups in total. The van der Waals surface area contributed by atoms with Gasteiger partial charge in [0.1, 0.15) is 5.75 Å². The van der Waals surface area contributed by atoms with Gasteiger partial charge in [0.25, 0.3) is 0 Å². The zero-order chi connectivity index (χ0) is 13.8. The molecule has 1 aromatic rings. The molecule has 0 bridgehead atoms.